The van der Waals surface area contributed by atoms with Crippen molar-refractivity contribution in [3.05, 3.63) is 59.7 Å². The Kier molecular flexibility index (Phi) is 6.59. The standard InChI is InChI=1S/C18H19N3O3S/c1-12-4-2-3-5-15(12)25-11-17(23)21-14-8-6-13(7-9-14)18(24)20-10-16(19)22/h2-9H,10-11H2,1H3,(H2,19,22)(H,20,24)(H,21,23). The van der Waals surface area contributed by atoms with E-state index < -0.39 is 11.8 Å². The average Bonchev–Trinajstić information content (AvgIpc) is 2.59. The molecule has 130 valence electrons. The number of nitrogens with one attached hydrogen (secondary N) is 2. The van der Waals surface area contributed by atoms with Gasteiger partial charge in [-0.2, -0.15) is 0 Å². The summed E-state index contributed by atoms with van der Waals surface area (Å²) in [5.74, 6) is -0.833. The lowest BCUT2D eigenvalue weighted by Crippen LogP contribution is -2.33. The van der Waals surface area contributed by atoms with Crippen molar-refractivity contribution in [1.82, 2.24) is 5.32 Å². The van der Waals surface area contributed by atoms with E-state index in [1.54, 1.807) is 24.3 Å². The quantitative estimate of drug-likeness (QED) is 0.659. The van der Waals surface area contributed by atoms with E-state index >= 15 is 0 Å². The molecule has 0 saturated carbocycles. The predicted molar refractivity (Wildman–Crippen MR) is 98.5 cm³/mol. The molecule has 7 heteroatoms. The van der Waals surface area contributed by atoms with Gasteiger partial charge in [0, 0.05) is 16.1 Å². The molecule has 0 fully saturated rings. The number of carbonyl (C=O) groups is 3. The second kappa shape index (κ2) is 8.89. The van der Waals surface area contributed by atoms with Gasteiger partial charge in [0.25, 0.3) is 5.91 Å². The number of primary amides is 1. The Hall–Kier alpha value is -2.80. The highest BCUT2D eigenvalue weighted by Gasteiger charge is 2.08. The van der Waals surface area contributed by atoms with Crippen molar-refractivity contribution in [2.24, 2.45) is 5.73 Å². The van der Waals surface area contributed by atoms with Crippen LogP contribution in [-0.2, 0) is 9.59 Å². The SMILES string of the molecule is Cc1ccccc1SCC(=O)Nc1ccc(C(=O)NCC(N)=O)cc1. The zero-order chi connectivity index (χ0) is 18.2. The Balaban J connectivity index is 1.86. The lowest BCUT2D eigenvalue weighted by molar-refractivity contribution is -0.117. The molecule has 2 aromatic carbocycles. The molecule has 2 rings (SSSR count). The molecule has 0 radical (unpaired) electrons. The van der Waals surface area contributed by atoms with Gasteiger partial charge in [-0.05, 0) is 42.8 Å². The van der Waals surface area contributed by atoms with Gasteiger partial charge in [-0.15, -0.1) is 11.8 Å². The van der Waals surface area contributed by atoms with Crippen LogP contribution in [0.2, 0.25) is 0 Å². The first-order valence-corrected chi connectivity index (χ1v) is 8.59. The maximum Gasteiger partial charge on any atom is 0.251 e. The van der Waals surface area contributed by atoms with Crippen molar-refractivity contribution in [3.8, 4) is 0 Å². The Morgan fingerprint density at radius 3 is 2.36 bits per heavy atom. The summed E-state index contributed by atoms with van der Waals surface area (Å²) < 4.78 is 0. The van der Waals surface area contributed by atoms with E-state index in [2.05, 4.69) is 10.6 Å². The molecule has 0 saturated heterocycles. The monoisotopic (exact) mass is 357 g/mol. The third-order valence-corrected chi connectivity index (χ3v) is 4.48. The number of amides is 3. The first-order valence-electron chi connectivity index (χ1n) is 7.60. The summed E-state index contributed by atoms with van der Waals surface area (Å²) in [6, 6.07) is 14.3. The Morgan fingerprint density at radius 1 is 1.04 bits per heavy atom. The minimum Gasteiger partial charge on any atom is -0.368 e. The molecule has 0 aromatic heterocycles. The fraction of sp³-hybridized carbons (Fsp3) is 0.167. The Bertz CT molecular complexity index is 775. The van der Waals surface area contributed by atoms with Crippen molar-refractivity contribution in [2.75, 3.05) is 17.6 Å². The Morgan fingerprint density at radius 2 is 1.72 bits per heavy atom. The van der Waals surface area contributed by atoms with Gasteiger partial charge in [0.05, 0.1) is 12.3 Å². The van der Waals surface area contributed by atoms with Gasteiger partial charge in [-0.3, -0.25) is 14.4 Å². The van der Waals surface area contributed by atoms with Crippen molar-refractivity contribution in [2.45, 2.75) is 11.8 Å². The van der Waals surface area contributed by atoms with Gasteiger partial charge < -0.3 is 16.4 Å². The Labute approximate surface area is 150 Å². The first-order chi connectivity index (χ1) is 12.0. The van der Waals surface area contributed by atoms with Crippen molar-refractivity contribution < 1.29 is 14.4 Å². The topological polar surface area (TPSA) is 101 Å². The lowest BCUT2D eigenvalue weighted by atomic mass is 10.2. The molecule has 6 nitrogen and oxygen atoms in total. The molecule has 2 aromatic rings. The maximum atomic E-state index is 12.0. The van der Waals surface area contributed by atoms with Crippen LogP contribution in [0.25, 0.3) is 0 Å². The molecule has 0 aliphatic heterocycles. The van der Waals surface area contributed by atoms with E-state index in [0.717, 1.165) is 10.5 Å². The highest BCUT2D eigenvalue weighted by atomic mass is 32.2. The minimum atomic E-state index is -0.608. The van der Waals surface area contributed by atoms with Crippen LogP contribution in [0.3, 0.4) is 0 Å². The van der Waals surface area contributed by atoms with E-state index in [9.17, 15) is 14.4 Å². The number of nitrogens with two attached hydrogens (primary N) is 1. The molecule has 0 aliphatic rings. The largest absolute Gasteiger partial charge is 0.368 e. The highest BCUT2D eigenvalue weighted by Crippen LogP contribution is 2.22. The third-order valence-electron chi connectivity index (χ3n) is 3.31. The number of anilines is 1. The molecular formula is C18H19N3O3S. The molecule has 0 bridgehead atoms. The summed E-state index contributed by atoms with van der Waals surface area (Å²) in [7, 11) is 0. The van der Waals surface area contributed by atoms with Crippen LogP contribution >= 0.6 is 11.8 Å². The number of thioether (sulfide) groups is 1. The first kappa shape index (κ1) is 18.5. The van der Waals surface area contributed by atoms with Gasteiger partial charge in [0.15, 0.2) is 0 Å². The van der Waals surface area contributed by atoms with Gasteiger partial charge in [-0.25, -0.2) is 0 Å². The number of benzene rings is 2. The molecule has 0 heterocycles. The van der Waals surface area contributed by atoms with Gasteiger partial charge in [-0.1, -0.05) is 18.2 Å². The summed E-state index contributed by atoms with van der Waals surface area (Å²) in [6.07, 6.45) is 0. The van der Waals surface area contributed by atoms with Crippen LogP contribution < -0.4 is 16.4 Å². The summed E-state index contributed by atoms with van der Waals surface area (Å²) in [5.41, 5.74) is 7.09. The molecule has 3 amide bonds. The van der Waals surface area contributed by atoms with Crippen LogP contribution in [0, 0.1) is 6.92 Å². The van der Waals surface area contributed by atoms with Gasteiger partial charge >= 0.3 is 0 Å². The van der Waals surface area contributed by atoms with E-state index in [-0.39, 0.29) is 12.5 Å². The van der Waals surface area contributed by atoms with Crippen LogP contribution in [0.15, 0.2) is 53.4 Å². The number of rotatable bonds is 7. The lowest BCUT2D eigenvalue weighted by Gasteiger charge is -2.08. The predicted octanol–water partition coefficient (Wildman–Crippen LogP) is 1.94. The van der Waals surface area contributed by atoms with Gasteiger partial charge in [0.2, 0.25) is 11.8 Å². The highest BCUT2D eigenvalue weighted by molar-refractivity contribution is 8.00. The second-order valence-electron chi connectivity index (χ2n) is 5.33. The van der Waals surface area contributed by atoms with E-state index in [1.165, 1.54) is 11.8 Å². The molecule has 0 aliphatic carbocycles. The summed E-state index contributed by atoms with van der Waals surface area (Å²) in [5, 5.41) is 5.18. The van der Waals surface area contributed by atoms with Crippen molar-refractivity contribution in [1.29, 1.82) is 0 Å². The average molecular weight is 357 g/mol. The zero-order valence-electron chi connectivity index (χ0n) is 13.7. The number of hydrogen-bond acceptors (Lipinski definition) is 4. The summed E-state index contributed by atoms with van der Waals surface area (Å²) in [6.45, 7) is 1.79. The van der Waals surface area contributed by atoms with Gasteiger partial charge in [0.1, 0.15) is 0 Å². The molecule has 25 heavy (non-hydrogen) atoms. The zero-order valence-corrected chi connectivity index (χ0v) is 14.6. The summed E-state index contributed by atoms with van der Waals surface area (Å²) in [4.78, 5) is 35.5. The van der Waals surface area contributed by atoms with E-state index in [0.29, 0.717) is 17.0 Å². The van der Waals surface area contributed by atoms with Crippen LogP contribution in [-0.4, -0.2) is 30.0 Å². The van der Waals surface area contributed by atoms with Crippen LogP contribution in [0.1, 0.15) is 15.9 Å². The van der Waals surface area contributed by atoms with Crippen molar-refractivity contribution >= 4 is 35.2 Å². The van der Waals surface area contributed by atoms with Crippen molar-refractivity contribution in [3.63, 3.8) is 0 Å². The number of hydrogen-bond donors (Lipinski definition) is 3. The van der Waals surface area contributed by atoms with Crippen LogP contribution in [0.5, 0.6) is 0 Å². The molecular weight excluding hydrogens is 338 g/mol. The number of aryl methyl sites for hydroxylation is 1. The minimum absolute atomic E-state index is 0.126. The fourth-order valence-corrected chi connectivity index (χ4v) is 2.86. The normalized spacial score (nSPS) is 10.1. The maximum absolute atomic E-state index is 12.0. The molecule has 4 N–H and O–H groups in total. The third kappa shape index (κ3) is 5.96. The number of carbonyl (C=O) groups excluding carboxylic acids is 3. The van der Waals surface area contributed by atoms with E-state index in [1.807, 2.05) is 31.2 Å². The van der Waals surface area contributed by atoms with E-state index in [4.69, 9.17) is 5.73 Å². The second-order valence-corrected chi connectivity index (χ2v) is 6.35. The fourth-order valence-electron chi connectivity index (χ4n) is 2.03. The molecule has 0 atom stereocenters. The molecule has 0 unspecified atom stereocenters. The smallest absolute Gasteiger partial charge is 0.251 e. The van der Waals surface area contributed by atoms with Crippen LogP contribution in [0.4, 0.5) is 5.69 Å². The summed E-state index contributed by atoms with van der Waals surface area (Å²) >= 11 is 1.47. The molecule has 0 spiro atoms.